The van der Waals surface area contributed by atoms with Crippen molar-refractivity contribution in [2.45, 2.75) is 32.2 Å². The molecule has 0 fully saturated rings. The molecule has 0 saturated heterocycles. The van der Waals surface area contributed by atoms with E-state index in [1.54, 1.807) is 0 Å². The first-order chi connectivity index (χ1) is 14.4. The molecule has 0 aliphatic heterocycles. The van der Waals surface area contributed by atoms with Crippen molar-refractivity contribution in [2.75, 3.05) is 6.61 Å². The van der Waals surface area contributed by atoms with E-state index in [4.69, 9.17) is 4.74 Å². The number of thiazole rings is 1. The fraction of sp³-hybridized carbons (Fsp3) is 0.261. The smallest absolute Gasteiger partial charge is 0.407 e. The summed E-state index contributed by atoms with van der Waals surface area (Å²) in [6.45, 7) is 3.96. The van der Waals surface area contributed by atoms with Crippen LogP contribution in [0.4, 0.5) is 4.79 Å². The van der Waals surface area contributed by atoms with Crippen LogP contribution in [0.15, 0.2) is 48.5 Å². The number of carboxylic acids is 1. The Balaban J connectivity index is 1.48. The number of rotatable bonds is 6. The minimum atomic E-state index is -1.01. The van der Waals surface area contributed by atoms with Crippen LogP contribution in [0.3, 0.4) is 0 Å². The number of nitrogens with zero attached hydrogens (tertiary/aromatic N) is 1. The molecule has 1 aliphatic rings. The lowest BCUT2D eigenvalue weighted by atomic mass is 9.98. The number of aromatic nitrogens is 1. The van der Waals surface area contributed by atoms with E-state index in [0.29, 0.717) is 5.01 Å². The van der Waals surface area contributed by atoms with Crippen molar-refractivity contribution in [3.05, 3.63) is 75.2 Å². The standard InChI is InChI=1S/C23H22N2O4S/c1-13-14(2)30-22(24-13)20(11-21(26)27)25-23(28)29-12-19-17-9-5-3-7-15(17)16-8-4-6-10-18(16)19/h3-10,19-20H,11-12H2,1-2H3,(H,25,28)(H,26,27). The number of carboxylic acid groups (broad SMARTS) is 1. The molecule has 7 heteroatoms. The molecule has 154 valence electrons. The summed E-state index contributed by atoms with van der Waals surface area (Å²) in [5.74, 6) is -1.06. The predicted octanol–water partition coefficient (Wildman–Crippen LogP) is 4.81. The summed E-state index contributed by atoms with van der Waals surface area (Å²) in [4.78, 5) is 29.2. The first-order valence-corrected chi connectivity index (χ1v) is 10.5. The molecule has 6 nitrogen and oxygen atoms in total. The molecular formula is C23H22N2O4S. The number of ether oxygens (including phenoxy) is 1. The first-order valence-electron chi connectivity index (χ1n) is 9.71. The Morgan fingerprint density at radius 2 is 1.70 bits per heavy atom. The number of hydrogen-bond acceptors (Lipinski definition) is 5. The number of carbonyl (C=O) groups is 2. The molecule has 4 rings (SSSR count). The van der Waals surface area contributed by atoms with Gasteiger partial charge in [-0.05, 0) is 36.1 Å². The third kappa shape index (κ3) is 3.93. The summed E-state index contributed by atoms with van der Waals surface area (Å²) in [6, 6.07) is 15.5. The van der Waals surface area contributed by atoms with Gasteiger partial charge in [0, 0.05) is 10.8 Å². The van der Waals surface area contributed by atoms with Gasteiger partial charge in [0.2, 0.25) is 0 Å². The van der Waals surface area contributed by atoms with Crippen LogP contribution in [0, 0.1) is 13.8 Å². The van der Waals surface area contributed by atoms with Crippen molar-refractivity contribution >= 4 is 23.4 Å². The summed E-state index contributed by atoms with van der Waals surface area (Å²) in [5, 5.41) is 12.5. The summed E-state index contributed by atoms with van der Waals surface area (Å²) >= 11 is 1.39. The highest BCUT2D eigenvalue weighted by Gasteiger charge is 2.30. The highest BCUT2D eigenvalue weighted by atomic mass is 32.1. The molecule has 1 aliphatic carbocycles. The molecule has 0 saturated carbocycles. The van der Waals surface area contributed by atoms with Crippen LogP contribution in [0.25, 0.3) is 11.1 Å². The molecule has 1 amide bonds. The highest BCUT2D eigenvalue weighted by Crippen LogP contribution is 2.44. The van der Waals surface area contributed by atoms with Gasteiger partial charge in [-0.2, -0.15) is 0 Å². The summed E-state index contributed by atoms with van der Waals surface area (Å²) in [5.41, 5.74) is 5.39. The van der Waals surface area contributed by atoms with Crippen LogP contribution in [-0.4, -0.2) is 28.8 Å². The number of alkyl carbamates (subject to hydrolysis) is 1. The molecule has 2 aromatic carbocycles. The Hall–Kier alpha value is -3.19. The van der Waals surface area contributed by atoms with Crippen molar-refractivity contribution in [1.29, 1.82) is 0 Å². The topological polar surface area (TPSA) is 88.5 Å². The lowest BCUT2D eigenvalue weighted by Gasteiger charge is -2.17. The van der Waals surface area contributed by atoms with E-state index < -0.39 is 18.1 Å². The molecule has 0 spiro atoms. The number of aryl methyl sites for hydroxylation is 2. The zero-order valence-electron chi connectivity index (χ0n) is 16.7. The Kier molecular flexibility index (Phi) is 5.55. The van der Waals surface area contributed by atoms with Crippen molar-refractivity contribution in [3.63, 3.8) is 0 Å². The van der Waals surface area contributed by atoms with Gasteiger partial charge in [-0.15, -0.1) is 11.3 Å². The van der Waals surface area contributed by atoms with Crippen molar-refractivity contribution in [3.8, 4) is 11.1 Å². The molecule has 1 atom stereocenters. The second-order valence-electron chi connectivity index (χ2n) is 7.31. The van der Waals surface area contributed by atoms with Gasteiger partial charge in [0.25, 0.3) is 0 Å². The maximum absolute atomic E-state index is 12.5. The largest absolute Gasteiger partial charge is 0.481 e. The number of amides is 1. The van der Waals surface area contributed by atoms with E-state index in [0.717, 1.165) is 32.8 Å². The third-order valence-electron chi connectivity index (χ3n) is 5.36. The Labute approximate surface area is 178 Å². The molecule has 3 aromatic rings. The van der Waals surface area contributed by atoms with Crippen LogP contribution >= 0.6 is 11.3 Å². The quantitative estimate of drug-likeness (QED) is 0.595. The zero-order chi connectivity index (χ0) is 21.3. The minimum absolute atomic E-state index is 0.0505. The van der Waals surface area contributed by atoms with Gasteiger partial charge in [0.15, 0.2) is 0 Å². The van der Waals surface area contributed by atoms with Gasteiger partial charge in [-0.1, -0.05) is 48.5 Å². The lowest BCUT2D eigenvalue weighted by molar-refractivity contribution is -0.137. The molecule has 0 radical (unpaired) electrons. The van der Waals surface area contributed by atoms with Crippen molar-refractivity contribution in [2.24, 2.45) is 0 Å². The van der Waals surface area contributed by atoms with Gasteiger partial charge in [0.1, 0.15) is 11.6 Å². The molecule has 2 N–H and O–H groups in total. The zero-order valence-corrected chi connectivity index (χ0v) is 17.5. The van der Waals surface area contributed by atoms with Crippen molar-refractivity contribution < 1.29 is 19.4 Å². The van der Waals surface area contributed by atoms with Crippen LogP contribution in [-0.2, 0) is 9.53 Å². The van der Waals surface area contributed by atoms with E-state index in [2.05, 4.69) is 34.6 Å². The Bertz CT molecular complexity index is 1040. The fourth-order valence-electron chi connectivity index (χ4n) is 3.80. The average molecular weight is 423 g/mol. The lowest BCUT2D eigenvalue weighted by Crippen LogP contribution is -2.31. The molecule has 1 aromatic heterocycles. The molecule has 30 heavy (non-hydrogen) atoms. The summed E-state index contributed by atoms with van der Waals surface area (Å²) < 4.78 is 5.54. The normalized spacial score (nSPS) is 13.4. The average Bonchev–Trinajstić information content (AvgIpc) is 3.23. The van der Waals surface area contributed by atoms with E-state index in [1.807, 2.05) is 38.1 Å². The van der Waals surface area contributed by atoms with E-state index in [1.165, 1.54) is 11.3 Å². The van der Waals surface area contributed by atoms with Gasteiger partial charge in [0.05, 0.1) is 18.2 Å². The molecule has 1 heterocycles. The number of fused-ring (bicyclic) bond motifs is 3. The van der Waals surface area contributed by atoms with Gasteiger partial charge < -0.3 is 15.2 Å². The Morgan fingerprint density at radius 3 is 2.23 bits per heavy atom. The first kappa shape index (κ1) is 20.1. The van der Waals surface area contributed by atoms with Gasteiger partial charge in [-0.3, -0.25) is 4.79 Å². The second-order valence-corrected chi connectivity index (χ2v) is 8.55. The molecular weight excluding hydrogens is 400 g/mol. The molecule has 0 bridgehead atoms. The maximum atomic E-state index is 12.5. The van der Waals surface area contributed by atoms with Crippen LogP contribution in [0.2, 0.25) is 0 Å². The number of benzene rings is 2. The number of hydrogen-bond donors (Lipinski definition) is 2. The van der Waals surface area contributed by atoms with Gasteiger partial charge >= 0.3 is 12.1 Å². The molecule has 1 unspecified atom stereocenters. The highest BCUT2D eigenvalue weighted by molar-refractivity contribution is 7.11. The van der Waals surface area contributed by atoms with E-state index >= 15 is 0 Å². The predicted molar refractivity (Wildman–Crippen MR) is 115 cm³/mol. The monoisotopic (exact) mass is 422 g/mol. The second kappa shape index (κ2) is 8.28. The third-order valence-corrected chi connectivity index (χ3v) is 6.54. The number of carbonyl (C=O) groups excluding carboxylic acids is 1. The maximum Gasteiger partial charge on any atom is 0.407 e. The SMILES string of the molecule is Cc1nc(C(CC(=O)O)NC(=O)OCC2c3ccccc3-c3ccccc32)sc1C. The fourth-order valence-corrected chi connectivity index (χ4v) is 4.78. The van der Waals surface area contributed by atoms with E-state index in [9.17, 15) is 14.7 Å². The number of aliphatic carboxylic acids is 1. The van der Waals surface area contributed by atoms with E-state index in [-0.39, 0.29) is 18.9 Å². The van der Waals surface area contributed by atoms with Gasteiger partial charge in [-0.25, -0.2) is 9.78 Å². The van der Waals surface area contributed by atoms with Crippen LogP contribution in [0.5, 0.6) is 0 Å². The summed E-state index contributed by atoms with van der Waals surface area (Å²) in [7, 11) is 0. The van der Waals surface area contributed by atoms with Crippen LogP contribution in [0.1, 0.15) is 45.1 Å². The Morgan fingerprint density at radius 1 is 1.10 bits per heavy atom. The number of nitrogens with one attached hydrogen (secondary N) is 1. The van der Waals surface area contributed by atoms with Crippen LogP contribution < -0.4 is 5.32 Å². The summed E-state index contributed by atoms with van der Waals surface area (Å²) in [6.07, 6.45) is -0.898. The van der Waals surface area contributed by atoms with Crippen molar-refractivity contribution in [1.82, 2.24) is 10.3 Å². The minimum Gasteiger partial charge on any atom is -0.481 e.